The molecule has 0 spiro atoms. The maximum absolute atomic E-state index is 14.5. The van der Waals surface area contributed by atoms with Crippen molar-refractivity contribution < 1.29 is 49.3 Å². The number of hydrogen-bond donors (Lipinski definition) is 5. The number of rotatable bonds is 3. The molecule has 0 bridgehead atoms. The van der Waals surface area contributed by atoms with Crippen LogP contribution in [0.15, 0.2) is 120 Å². The van der Waals surface area contributed by atoms with E-state index in [0.717, 1.165) is 0 Å². The van der Waals surface area contributed by atoms with E-state index in [0.29, 0.717) is 56.0 Å². The van der Waals surface area contributed by atoms with Crippen LogP contribution in [0, 0.1) is 0 Å². The van der Waals surface area contributed by atoms with E-state index in [2.05, 4.69) is 0 Å². The molecule has 10 heteroatoms. The van der Waals surface area contributed by atoms with Crippen molar-refractivity contribution in [3.63, 3.8) is 0 Å². The number of ether oxygens (including phenoxy) is 3. The molecule has 0 unspecified atom stereocenters. The van der Waals surface area contributed by atoms with Crippen molar-refractivity contribution in [3.05, 3.63) is 159 Å². The van der Waals surface area contributed by atoms with Gasteiger partial charge < -0.3 is 39.7 Å². The molecular formula is C42H28O10. The van der Waals surface area contributed by atoms with Crippen LogP contribution in [0.3, 0.4) is 0 Å². The molecule has 10 nitrogen and oxygen atoms in total. The number of phenols is 5. The Hall–Kier alpha value is -6.68. The first kappa shape index (κ1) is 30.2. The average Bonchev–Trinajstić information content (AvgIpc) is 3.81. The topological polar surface area (TPSA) is 163 Å². The van der Waals surface area contributed by atoms with Gasteiger partial charge in [0.05, 0.1) is 17.8 Å². The second-order valence-electron chi connectivity index (χ2n) is 13.7. The van der Waals surface area contributed by atoms with Crippen molar-refractivity contribution in [2.75, 3.05) is 0 Å². The third kappa shape index (κ3) is 4.24. The molecular weight excluding hydrogens is 664 g/mol. The van der Waals surface area contributed by atoms with Crippen LogP contribution in [0.4, 0.5) is 0 Å². The predicted octanol–water partition coefficient (Wildman–Crippen LogP) is 6.90. The second-order valence-corrected chi connectivity index (χ2v) is 13.7. The first-order valence-corrected chi connectivity index (χ1v) is 16.8. The van der Waals surface area contributed by atoms with Crippen molar-refractivity contribution in [1.82, 2.24) is 0 Å². The van der Waals surface area contributed by atoms with Crippen molar-refractivity contribution in [2.24, 2.45) is 0 Å². The number of carbonyl (C=O) groups is 2. The molecule has 1 fully saturated rings. The summed E-state index contributed by atoms with van der Waals surface area (Å²) in [6, 6.07) is 25.8. The number of ketones is 2. The van der Waals surface area contributed by atoms with E-state index in [4.69, 9.17) is 14.2 Å². The van der Waals surface area contributed by atoms with E-state index in [1.165, 1.54) is 42.5 Å². The monoisotopic (exact) mass is 692 g/mol. The number of Topliss-reactive ketones (excluding diaryl/α,β-unsaturated/α-hetero) is 1. The Morgan fingerprint density at radius 1 is 0.442 bits per heavy atom. The smallest absolute Gasteiger partial charge is 0.230 e. The molecule has 3 heterocycles. The summed E-state index contributed by atoms with van der Waals surface area (Å²) in [6.07, 6.45) is -1.19. The summed E-state index contributed by atoms with van der Waals surface area (Å²) >= 11 is 0. The number of benzene rings is 5. The molecule has 5 N–H and O–H groups in total. The first-order valence-electron chi connectivity index (χ1n) is 16.8. The van der Waals surface area contributed by atoms with Gasteiger partial charge in [-0.3, -0.25) is 9.59 Å². The fourth-order valence-electron chi connectivity index (χ4n) is 8.79. The molecule has 1 saturated heterocycles. The fourth-order valence-corrected chi connectivity index (χ4v) is 8.79. The van der Waals surface area contributed by atoms with Gasteiger partial charge in [0.2, 0.25) is 11.6 Å². The number of allylic oxidation sites excluding steroid dienone is 2. The van der Waals surface area contributed by atoms with Crippen LogP contribution in [0.1, 0.15) is 75.0 Å². The van der Waals surface area contributed by atoms with E-state index in [9.17, 15) is 35.1 Å². The molecule has 6 atom stereocenters. The van der Waals surface area contributed by atoms with Gasteiger partial charge >= 0.3 is 0 Å². The molecule has 5 aromatic carbocycles. The highest BCUT2D eigenvalue weighted by Crippen LogP contribution is 2.66. The van der Waals surface area contributed by atoms with E-state index < -0.39 is 47.6 Å². The summed E-state index contributed by atoms with van der Waals surface area (Å²) in [5.41, 5.74) is 5.07. The lowest BCUT2D eigenvalue weighted by Crippen LogP contribution is -2.28. The van der Waals surface area contributed by atoms with E-state index in [1.54, 1.807) is 60.7 Å². The largest absolute Gasteiger partial charge is 0.508 e. The Morgan fingerprint density at radius 2 is 0.865 bits per heavy atom. The van der Waals surface area contributed by atoms with Gasteiger partial charge in [-0.1, -0.05) is 36.4 Å². The minimum atomic E-state index is -0.887. The summed E-state index contributed by atoms with van der Waals surface area (Å²) < 4.78 is 20.0. The van der Waals surface area contributed by atoms with Gasteiger partial charge in [0.25, 0.3) is 0 Å². The fraction of sp³-hybridized carbons (Fsp3) is 0.143. The van der Waals surface area contributed by atoms with Crippen LogP contribution in [-0.2, 0) is 14.3 Å². The van der Waals surface area contributed by atoms with Crippen molar-refractivity contribution in [3.8, 4) is 40.2 Å². The lowest BCUT2D eigenvalue weighted by atomic mass is 9.73. The molecule has 2 aliphatic carbocycles. The Labute approximate surface area is 295 Å². The van der Waals surface area contributed by atoms with Crippen LogP contribution in [0.2, 0.25) is 0 Å². The maximum atomic E-state index is 14.5. The van der Waals surface area contributed by atoms with Gasteiger partial charge in [-0.05, 0) is 76.3 Å². The molecule has 256 valence electrons. The molecule has 3 aliphatic heterocycles. The Balaban J connectivity index is 1.34. The highest BCUT2D eigenvalue weighted by molar-refractivity contribution is 6.49. The number of fused-ring (bicyclic) bond motifs is 3. The van der Waals surface area contributed by atoms with Gasteiger partial charge in [-0.25, -0.2) is 0 Å². The molecule has 52 heavy (non-hydrogen) atoms. The van der Waals surface area contributed by atoms with Crippen LogP contribution < -0.4 is 9.47 Å². The van der Waals surface area contributed by atoms with Gasteiger partial charge in [-0.15, -0.1) is 0 Å². The summed E-state index contributed by atoms with van der Waals surface area (Å²) in [5.74, 6) is -2.93. The Bertz CT molecular complexity index is 2440. The molecule has 5 aromatic rings. The quantitative estimate of drug-likeness (QED) is 0.0993. The molecule has 0 aromatic heterocycles. The molecule has 10 rings (SSSR count). The van der Waals surface area contributed by atoms with Gasteiger partial charge in [0.15, 0.2) is 0 Å². The zero-order valence-electron chi connectivity index (χ0n) is 27.1. The zero-order chi connectivity index (χ0) is 35.6. The SMILES string of the molecule is O=C1C=C2O[C@@H](c3ccc(O)cc3)[C@H]3C2=C(C1=O)[C@@H]1c2c(cc(O)cc2[C@@H]2c4c(cc(O)cc43)O[C@H]2c2ccc(O)cc2)O[C@@H]1c1ccc(O)cc1. The van der Waals surface area contributed by atoms with Gasteiger partial charge in [-0.2, -0.15) is 0 Å². The summed E-state index contributed by atoms with van der Waals surface area (Å²) in [5, 5.41) is 53.1. The number of aromatic hydroxyl groups is 5. The molecule has 0 amide bonds. The number of hydrogen-bond acceptors (Lipinski definition) is 10. The average molecular weight is 693 g/mol. The van der Waals surface area contributed by atoms with E-state index in [-0.39, 0.29) is 40.1 Å². The second kappa shape index (κ2) is 10.7. The first-order chi connectivity index (χ1) is 25.1. The summed E-state index contributed by atoms with van der Waals surface area (Å²) in [6.45, 7) is 0. The molecule has 0 radical (unpaired) electrons. The third-order valence-corrected chi connectivity index (χ3v) is 10.9. The normalized spacial score (nSPS) is 24.7. The van der Waals surface area contributed by atoms with Crippen molar-refractivity contribution in [2.45, 2.75) is 36.1 Å². The van der Waals surface area contributed by atoms with Crippen LogP contribution >= 0.6 is 0 Å². The van der Waals surface area contributed by atoms with Crippen LogP contribution in [0.5, 0.6) is 40.2 Å². The van der Waals surface area contributed by atoms with Crippen LogP contribution in [0.25, 0.3) is 0 Å². The highest BCUT2D eigenvalue weighted by atomic mass is 16.5. The van der Waals surface area contributed by atoms with Gasteiger partial charge in [0, 0.05) is 40.5 Å². The zero-order valence-corrected chi connectivity index (χ0v) is 27.1. The molecule has 0 saturated carbocycles. The minimum absolute atomic E-state index is 0.0341. The highest BCUT2D eigenvalue weighted by Gasteiger charge is 2.55. The van der Waals surface area contributed by atoms with Gasteiger partial charge in [0.1, 0.15) is 64.3 Å². The predicted molar refractivity (Wildman–Crippen MR) is 184 cm³/mol. The summed E-state index contributed by atoms with van der Waals surface area (Å²) in [4.78, 5) is 28.2. The minimum Gasteiger partial charge on any atom is -0.508 e. The van der Waals surface area contributed by atoms with Crippen molar-refractivity contribution in [1.29, 1.82) is 0 Å². The van der Waals surface area contributed by atoms with Crippen molar-refractivity contribution >= 4 is 11.6 Å². The standard InChI is InChI=1S/C42H28O10/c43-21-7-1-18(2-8-21)40-34-27-14-25(47)16-30-33(27)38(42(51-30)20-5-11-23(45)12-6-20)37-36-31(17-28(48)39(37)49)52-41(19-3-9-22(44)10-4-19)35(36)26-13-24(46)15-29(50-40)32(26)34/h1-17,34-35,38,40-47H/t34-,35-,38+,40+,41+,42-/m1/s1. The Morgan fingerprint density at radius 3 is 1.37 bits per heavy atom. The maximum Gasteiger partial charge on any atom is 0.230 e. The third-order valence-electron chi connectivity index (χ3n) is 10.9. The van der Waals surface area contributed by atoms with E-state index >= 15 is 0 Å². The number of phenolic OH excluding ortho intramolecular Hbond substituents is 5. The summed E-state index contributed by atoms with van der Waals surface area (Å²) in [7, 11) is 0. The lowest BCUT2D eigenvalue weighted by molar-refractivity contribution is -0.132. The molecule has 5 aliphatic rings. The van der Waals surface area contributed by atoms with E-state index in [1.807, 2.05) is 0 Å². The van der Waals surface area contributed by atoms with Crippen LogP contribution in [-0.4, -0.2) is 37.1 Å². The lowest BCUT2D eigenvalue weighted by Gasteiger charge is -2.27. The number of carbonyl (C=O) groups excluding carboxylic acids is 2. The Kier molecular flexibility index (Phi) is 6.19.